The molecule has 1 heterocycles. The lowest BCUT2D eigenvalue weighted by atomic mass is 10.1. The first kappa shape index (κ1) is 15.3. The van der Waals surface area contributed by atoms with Gasteiger partial charge in [-0.3, -0.25) is 0 Å². The van der Waals surface area contributed by atoms with Crippen molar-refractivity contribution in [1.82, 2.24) is 5.32 Å². The van der Waals surface area contributed by atoms with E-state index in [0.717, 1.165) is 45.6 Å². The van der Waals surface area contributed by atoms with Gasteiger partial charge >= 0.3 is 0 Å². The summed E-state index contributed by atoms with van der Waals surface area (Å²) in [4.78, 5) is 2.45. The lowest BCUT2D eigenvalue weighted by Gasteiger charge is -2.27. The summed E-state index contributed by atoms with van der Waals surface area (Å²) in [5.41, 5.74) is 1.31. The van der Waals surface area contributed by atoms with E-state index in [2.05, 4.69) is 47.5 Å². The summed E-state index contributed by atoms with van der Waals surface area (Å²) in [5.74, 6) is 0. The van der Waals surface area contributed by atoms with Crippen LogP contribution in [0.25, 0.3) is 0 Å². The van der Waals surface area contributed by atoms with Crippen LogP contribution in [-0.2, 0) is 4.74 Å². The smallest absolute Gasteiger partial charge is 0.0645 e. The van der Waals surface area contributed by atoms with Gasteiger partial charge in [0.2, 0.25) is 0 Å². The third kappa shape index (κ3) is 5.14. The molecule has 1 aliphatic heterocycles. The molecule has 112 valence electrons. The maximum atomic E-state index is 6.03. The molecule has 3 heteroatoms. The van der Waals surface area contributed by atoms with Gasteiger partial charge in [-0.25, -0.2) is 0 Å². The van der Waals surface area contributed by atoms with Crippen LogP contribution in [0.2, 0.25) is 0 Å². The molecule has 2 rings (SSSR count). The van der Waals surface area contributed by atoms with Crippen LogP contribution in [0.4, 0.5) is 5.69 Å². The Bertz CT molecular complexity index is 349. The average Bonchev–Trinajstić information content (AvgIpc) is 2.52. The number of anilines is 1. The largest absolute Gasteiger partial charge is 0.376 e. The van der Waals surface area contributed by atoms with Gasteiger partial charge in [0.15, 0.2) is 0 Å². The molecule has 20 heavy (non-hydrogen) atoms. The number of piperidine rings is 1. The van der Waals surface area contributed by atoms with E-state index in [9.17, 15) is 0 Å². The van der Waals surface area contributed by atoms with Gasteiger partial charge in [-0.2, -0.15) is 0 Å². The summed E-state index contributed by atoms with van der Waals surface area (Å²) in [7, 11) is 0. The SMILES string of the molecule is CCCCN(CCOC1CCNCC1)c1ccccc1. The summed E-state index contributed by atoms with van der Waals surface area (Å²) < 4.78 is 6.03. The summed E-state index contributed by atoms with van der Waals surface area (Å²) >= 11 is 0. The van der Waals surface area contributed by atoms with E-state index in [1.165, 1.54) is 18.5 Å². The van der Waals surface area contributed by atoms with Gasteiger partial charge in [0.25, 0.3) is 0 Å². The summed E-state index contributed by atoms with van der Waals surface area (Å²) in [6, 6.07) is 10.7. The van der Waals surface area contributed by atoms with Gasteiger partial charge in [0.1, 0.15) is 0 Å². The van der Waals surface area contributed by atoms with Crippen LogP contribution in [0.15, 0.2) is 30.3 Å². The van der Waals surface area contributed by atoms with E-state index in [1.807, 2.05) is 0 Å². The first-order chi connectivity index (χ1) is 9.90. The molecule has 0 bridgehead atoms. The molecule has 0 spiro atoms. The van der Waals surface area contributed by atoms with Crippen LogP contribution in [0, 0.1) is 0 Å². The summed E-state index contributed by atoms with van der Waals surface area (Å²) in [6.07, 6.45) is 5.24. The van der Waals surface area contributed by atoms with E-state index >= 15 is 0 Å². The van der Waals surface area contributed by atoms with Crippen LogP contribution in [0.1, 0.15) is 32.6 Å². The topological polar surface area (TPSA) is 24.5 Å². The second-order valence-corrected chi connectivity index (χ2v) is 5.50. The highest BCUT2D eigenvalue weighted by molar-refractivity contribution is 5.45. The molecule has 0 amide bonds. The van der Waals surface area contributed by atoms with Crippen molar-refractivity contribution in [3.8, 4) is 0 Å². The Balaban J connectivity index is 1.78. The predicted molar refractivity (Wildman–Crippen MR) is 85.4 cm³/mol. The fraction of sp³-hybridized carbons (Fsp3) is 0.647. The van der Waals surface area contributed by atoms with Gasteiger partial charge in [0, 0.05) is 18.8 Å². The monoisotopic (exact) mass is 276 g/mol. The lowest BCUT2D eigenvalue weighted by molar-refractivity contribution is 0.0372. The second-order valence-electron chi connectivity index (χ2n) is 5.50. The molecule has 1 fully saturated rings. The predicted octanol–water partition coefficient (Wildman–Crippen LogP) is 3.06. The van der Waals surface area contributed by atoms with Gasteiger partial charge in [0.05, 0.1) is 12.7 Å². The van der Waals surface area contributed by atoms with Gasteiger partial charge < -0.3 is 15.0 Å². The normalized spacial score (nSPS) is 16.2. The van der Waals surface area contributed by atoms with Crippen molar-refractivity contribution in [1.29, 1.82) is 0 Å². The molecular weight excluding hydrogens is 248 g/mol. The minimum absolute atomic E-state index is 0.458. The van der Waals surface area contributed by atoms with E-state index < -0.39 is 0 Å². The highest BCUT2D eigenvalue weighted by Crippen LogP contribution is 2.14. The summed E-state index contributed by atoms with van der Waals surface area (Å²) in [6.45, 7) is 7.40. The lowest BCUT2D eigenvalue weighted by Crippen LogP contribution is -2.35. The number of ether oxygens (including phenoxy) is 1. The maximum Gasteiger partial charge on any atom is 0.0645 e. The zero-order chi connectivity index (χ0) is 14.0. The van der Waals surface area contributed by atoms with Gasteiger partial charge in [-0.15, -0.1) is 0 Å². The van der Waals surface area contributed by atoms with Crippen LogP contribution in [0.5, 0.6) is 0 Å². The first-order valence-corrected chi connectivity index (χ1v) is 8.02. The molecule has 1 N–H and O–H groups in total. The Kier molecular flexibility index (Phi) is 6.89. The highest BCUT2D eigenvalue weighted by atomic mass is 16.5. The van der Waals surface area contributed by atoms with E-state index in [-0.39, 0.29) is 0 Å². The number of rotatable bonds is 8. The van der Waals surface area contributed by atoms with E-state index in [1.54, 1.807) is 0 Å². The van der Waals surface area contributed by atoms with Gasteiger partial charge in [-0.1, -0.05) is 31.5 Å². The Morgan fingerprint density at radius 3 is 2.60 bits per heavy atom. The third-order valence-corrected chi connectivity index (χ3v) is 3.90. The van der Waals surface area contributed by atoms with Crippen molar-refractivity contribution in [2.24, 2.45) is 0 Å². The maximum absolute atomic E-state index is 6.03. The Morgan fingerprint density at radius 2 is 1.90 bits per heavy atom. The number of unbranched alkanes of at least 4 members (excludes halogenated alkanes) is 1. The molecule has 1 aromatic rings. The van der Waals surface area contributed by atoms with Gasteiger partial charge in [-0.05, 0) is 44.5 Å². The number of hydrogen-bond acceptors (Lipinski definition) is 3. The molecule has 0 atom stereocenters. The molecule has 0 unspecified atom stereocenters. The number of benzene rings is 1. The molecule has 3 nitrogen and oxygen atoms in total. The molecule has 1 saturated heterocycles. The molecule has 0 saturated carbocycles. The van der Waals surface area contributed by atoms with Crippen molar-refractivity contribution >= 4 is 5.69 Å². The van der Waals surface area contributed by atoms with Crippen molar-refractivity contribution in [3.05, 3.63) is 30.3 Å². The highest BCUT2D eigenvalue weighted by Gasteiger charge is 2.13. The van der Waals surface area contributed by atoms with Crippen molar-refractivity contribution in [3.63, 3.8) is 0 Å². The molecule has 0 radical (unpaired) electrons. The Labute approximate surface area is 123 Å². The molecule has 0 aromatic heterocycles. The van der Waals surface area contributed by atoms with Crippen LogP contribution < -0.4 is 10.2 Å². The van der Waals surface area contributed by atoms with Crippen molar-refractivity contribution in [2.75, 3.05) is 37.7 Å². The minimum atomic E-state index is 0.458. The number of para-hydroxylation sites is 1. The van der Waals surface area contributed by atoms with Crippen LogP contribution in [0.3, 0.4) is 0 Å². The second kappa shape index (κ2) is 8.98. The zero-order valence-corrected chi connectivity index (χ0v) is 12.7. The fourth-order valence-electron chi connectivity index (χ4n) is 2.65. The van der Waals surface area contributed by atoms with E-state index in [0.29, 0.717) is 6.10 Å². The summed E-state index contributed by atoms with van der Waals surface area (Å²) in [5, 5.41) is 3.38. The van der Waals surface area contributed by atoms with Crippen LogP contribution in [-0.4, -0.2) is 38.9 Å². The number of hydrogen-bond donors (Lipinski definition) is 1. The Hall–Kier alpha value is -1.06. The Morgan fingerprint density at radius 1 is 1.15 bits per heavy atom. The first-order valence-electron chi connectivity index (χ1n) is 8.02. The molecule has 1 aromatic carbocycles. The zero-order valence-electron chi connectivity index (χ0n) is 12.7. The molecular formula is C17H28N2O. The minimum Gasteiger partial charge on any atom is -0.376 e. The third-order valence-electron chi connectivity index (χ3n) is 3.90. The van der Waals surface area contributed by atoms with Crippen LogP contribution >= 0.6 is 0 Å². The quantitative estimate of drug-likeness (QED) is 0.790. The molecule has 0 aliphatic carbocycles. The van der Waals surface area contributed by atoms with Crippen molar-refractivity contribution in [2.45, 2.75) is 38.7 Å². The molecule has 1 aliphatic rings. The standard InChI is InChI=1S/C17H28N2O/c1-2-3-13-19(16-7-5-4-6-8-16)14-15-20-17-9-11-18-12-10-17/h4-8,17-18H,2-3,9-15H2,1H3. The average molecular weight is 276 g/mol. The number of nitrogens with zero attached hydrogens (tertiary/aromatic N) is 1. The van der Waals surface area contributed by atoms with E-state index in [4.69, 9.17) is 4.74 Å². The van der Waals surface area contributed by atoms with Crippen molar-refractivity contribution < 1.29 is 4.74 Å². The fourth-order valence-corrected chi connectivity index (χ4v) is 2.65. The number of nitrogens with one attached hydrogen (secondary N) is 1.